The number of rotatable bonds is 0. The Morgan fingerprint density at radius 3 is 2.62 bits per heavy atom. The molecule has 4 unspecified atom stereocenters. The molecule has 2 heterocycles. The highest BCUT2D eigenvalue weighted by Crippen LogP contribution is 2.57. The van der Waals surface area contributed by atoms with Crippen LogP contribution in [0.2, 0.25) is 0 Å². The van der Waals surface area contributed by atoms with Crippen LogP contribution in [0.25, 0.3) is 0 Å². The van der Waals surface area contributed by atoms with Gasteiger partial charge in [-0.05, 0) is 32.1 Å². The maximum Gasteiger partial charge on any atom is 0.168 e. The van der Waals surface area contributed by atoms with Gasteiger partial charge < -0.3 is 15.6 Å². The summed E-state index contributed by atoms with van der Waals surface area (Å²) in [7, 11) is 0. The van der Waals surface area contributed by atoms with Crippen LogP contribution in [0.3, 0.4) is 0 Å². The Bertz CT molecular complexity index is 215. The molecular formula is C10H17NO2. The van der Waals surface area contributed by atoms with Crippen LogP contribution in [0.1, 0.15) is 39.0 Å². The lowest BCUT2D eigenvalue weighted by molar-refractivity contribution is -0.353. The third-order valence-electron chi connectivity index (χ3n) is 3.81. The van der Waals surface area contributed by atoms with E-state index in [2.05, 4.69) is 6.92 Å². The molecule has 0 aromatic carbocycles. The summed E-state index contributed by atoms with van der Waals surface area (Å²) in [6.07, 6.45) is 4.50. The van der Waals surface area contributed by atoms with Crippen molar-refractivity contribution >= 4 is 0 Å². The molecule has 4 atom stereocenters. The Morgan fingerprint density at radius 1 is 1.31 bits per heavy atom. The zero-order valence-electron chi connectivity index (χ0n) is 8.05. The van der Waals surface area contributed by atoms with Crippen molar-refractivity contribution in [2.75, 3.05) is 0 Å². The van der Waals surface area contributed by atoms with Crippen molar-refractivity contribution in [1.29, 1.82) is 0 Å². The summed E-state index contributed by atoms with van der Waals surface area (Å²) < 4.78 is 5.74. The van der Waals surface area contributed by atoms with Gasteiger partial charge in [-0.25, -0.2) is 0 Å². The second kappa shape index (κ2) is 1.95. The molecule has 4 fully saturated rings. The van der Waals surface area contributed by atoms with Gasteiger partial charge in [0, 0.05) is 18.4 Å². The van der Waals surface area contributed by atoms with Crippen molar-refractivity contribution in [3.63, 3.8) is 0 Å². The smallest absolute Gasteiger partial charge is 0.168 e. The van der Waals surface area contributed by atoms with E-state index >= 15 is 0 Å². The van der Waals surface area contributed by atoms with E-state index in [4.69, 9.17) is 10.5 Å². The topological polar surface area (TPSA) is 55.5 Å². The maximum absolute atomic E-state index is 10.1. The van der Waals surface area contributed by atoms with E-state index in [0.717, 1.165) is 25.7 Å². The van der Waals surface area contributed by atoms with E-state index in [-0.39, 0.29) is 11.1 Å². The van der Waals surface area contributed by atoms with Gasteiger partial charge in [0.25, 0.3) is 0 Å². The van der Waals surface area contributed by atoms with Crippen LogP contribution >= 0.6 is 0 Å². The summed E-state index contributed by atoms with van der Waals surface area (Å²) in [5, 5.41) is 10.1. The molecule has 0 aromatic heterocycles. The molecular weight excluding hydrogens is 166 g/mol. The van der Waals surface area contributed by atoms with Gasteiger partial charge >= 0.3 is 0 Å². The summed E-state index contributed by atoms with van der Waals surface area (Å²) in [5.41, 5.74) is 5.95. The Hall–Kier alpha value is -0.120. The number of ether oxygens (including phenoxy) is 1. The van der Waals surface area contributed by atoms with Gasteiger partial charge in [-0.15, -0.1) is 0 Å². The molecule has 3 N–H and O–H groups in total. The SMILES string of the molecule is CC12CC3CC(N)(C1)CC(O)(C3)O2. The minimum absolute atomic E-state index is 0.150. The highest BCUT2D eigenvalue weighted by atomic mass is 16.6. The summed E-state index contributed by atoms with van der Waals surface area (Å²) in [5.74, 6) is -0.320. The Balaban J connectivity index is 2.03. The fourth-order valence-electron chi connectivity index (χ4n) is 4.11. The molecule has 3 nitrogen and oxygen atoms in total. The van der Waals surface area contributed by atoms with Crippen molar-refractivity contribution in [1.82, 2.24) is 0 Å². The number of nitrogens with two attached hydrogens (primary N) is 1. The quantitative estimate of drug-likeness (QED) is 0.583. The standard InChI is InChI=1S/C10H17NO2/c1-8-2-7-3-9(11,5-8)6-10(12,4-7)13-8/h7,12H,2-6,11H2,1H3. The van der Waals surface area contributed by atoms with E-state index in [9.17, 15) is 5.11 Å². The van der Waals surface area contributed by atoms with E-state index in [1.807, 2.05) is 0 Å². The van der Waals surface area contributed by atoms with Gasteiger partial charge in [-0.3, -0.25) is 0 Å². The zero-order valence-corrected chi connectivity index (χ0v) is 8.05. The lowest BCUT2D eigenvalue weighted by atomic mass is 9.58. The van der Waals surface area contributed by atoms with Gasteiger partial charge in [0.1, 0.15) is 0 Å². The summed E-state index contributed by atoms with van der Waals surface area (Å²) >= 11 is 0. The highest BCUT2D eigenvalue weighted by molar-refractivity contribution is 5.11. The van der Waals surface area contributed by atoms with E-state index < -0.39 is 5.79 Å². The molecule has 2 aliphatic carbocycles. The number of hydrogen-bond acceptors (Lipinski definition) is 3. The third-order valence-corrected chi connectivity index (χ3v) is 3.81. The van der Waals surface area contributed by atoms with Crippen molar-refractivity contribution in [2.24, 2.45) is 11.7 Å². The predicted octanol–water partition coefficient (Wildman–Crippen LogP) is 0.755. The highest BCUT2D eigenvalue weighted by Gasteiger charge is 2.61. The van der Waals surface area contributed by atoms with Gasteiger partial charge in [0.2, 0.25) is 0 Å². The molecule has 0 spiro atoms. The molecule has 0 radical (unpaired) electrons. The molecule has 3 heteroatoms. The second-order valence-corrected chi connectivity index (χ2v) is 5.69. The largest absolute Gasteiger partial charge is 0.365 e. The molecule has 13 heavy (non-hydrogen) atoms. The molecule has 2 saturated carbocycles. The van der Waals surface area contributed by atoms with Crippen LogP contribution in [0.15, 0.2) is 0 Å². The maximum atomic E-state index is 10.1. The predicted molar refractivity (Wildman–Crippen MR) is 47.9 cm³/mol. The zero-order chi connectivity index (χ0) is 9.32. The molecule has 4 aliphatic rings. The minimum Gasteiger partial charge on any atom is -0.365 e. The van der Waals surface area contributed by atoms with E-state index in [1.165, 1.54) is 0 Å². The molecule has 4 bridgehead atoms. The molecule has 4 rings (SSSR count). The first-order valence-corrected chi connectivity index (χ1v) is 5.12. The van der Waals surface area contributed by atoms with Crippen molar-refractivity contribution < 1.29 is 9.84 Å². The van der Waals surface area contributed by atoms with Gasteiger partial charge in [-0.2, -0.15) is 0 Å². The van der Waals surface area contributed by atoms with Crippen molar-refractivity contribution in [2.45, 2.75) is 56.0 Å². The van der Waals surface area contributed by atoms with Crippen molar-refractivity contribution in [3.05, 3.63) is 0 Å². The normalized spacial score (nSPS) is 64.4. The first-order chi connectivity index (χ1) is 5.91. The summed E-state index contributed by atoms with van der Waals surface area (Å²) in [4.78, 5) is 0. The first kappa shape index (κ1) is 8.21. The summed E-state index contributed by atoms with van der Waals surface area (Å²) in [6.45, 7) is 2.09. The minimum atomic E-state index is -0.900. The fraction of sp³-hybridized carbons (Fsp3) is 1.00. The second-order valence-electron chi connectivity index (χ2n) is 5.69. The van der Waals surface area contributed by atoms with Crippen LogP contribution in [0.5, 0.6) is 0 Å². The van der Waals surface area contributed by atoms with Gasteiger partial charge in [0.05, 0.1) is 5.60 Å². The Kier molecular flexibility index (Phi) is 1.23. The first-order valence-electron chi connectivity index (χ1n) is 5.12. The lowest BCUT2D eigenvalue weighted by Crippen LogP contribution is -2.69. The summed E-state index contributed by atoms with van der Waals surface area (Å²) in [6, 6.07) is 0. The lowest BCUT2D eigenvalue weighted by Gasteiger charge is -2.62. The average molecular weight is 183 g/mol. The van der Waals surface area contributed by atoms with E-state index in [0.29, 0.717) is 12.3 Å². The average Bonchev–Trinajstić information content (AvgIpc) is 1.71. The Labute approximate surface area is 78.3 Å². The Morgan fingerprint density at radius 2 is 2.08 bits per heavy atom. The van der Waals surface area contributed by atoms with E-state index in [1.54, 1.807) is 0 Å². The van der Waals surface area contributed by atoms with Gasteiger partial charge in [-0.1, -0.05) is 0 Å². The van der Waals surface area contributed by atoms with Crippen LogP contribution in [-0.2, 0) is 4.74 Å². The monoisotopic (exact) mass is 183 g/mol. The fourth-order valence-corrected chi connectivity index (χ4v) is 4.11. The van der Waals surface area contributed by atoms with Crippen molar-refractivity contribution in [3.8, 4) is 0 Å². The molecule has 0 aromatic rings. The molecule has 2 saturated heterocycles. The molecule has 0 amide bonds. The van der Waals surface area contributed by atoms with Crippen LogP contribution in [0.4, 0.5) is 0 Å². The number of hydrogen-bond donors (Lipinski definition) is 2. The van der Waals surface area contributed by atoms with Crippen LogP contribution in [0, 0.1) is 5.92 Å². The van der Waals surface area contributed by atoms with Gasteiger partial charge in [0.15, 0.2) is 5.79 Å². The molecule has 74 valence electrons. The molecule has 2 aliphatic heterocycles. The number of aliphatic hydroxyl groups is 1. The van der Waals surface area contributed by atoms with Crippen LogP contribution < -0.4 is 5.73 Å². The third kappa shape index (κ3) is 1.07. The van der Waals surface area contributed by atoms with Crippen LogP contribution in [-0.4, -0.2) is 22.0 Å².